The van der Waals surface area contributed by atoms with Gasteiger partial charge in [0.05, 0.1) is 0 Å². The maximum absolute atomic E-state index is 2.29. The molecule has 0 amide bonds. The molecule has 2 rings (SSSR count). The van der Waals surface area contributed by atoms with Crippen molar-refractivity contribution < 1.29 is 0 Å². The molecule has 12 heavy (non-hydrogen) atoms. The molecular weight excluding hydrogens is 398 g/mol. The fourth-order valence-electron chi connectivity index (χ4n) is 0.947. The van der Waals surface area contributed by atoms with Crippen molar-refractivity contribution in [3.05, 3.63) is 22.9 Å². The zero-order valence-electron chi connectivity index (χ0n) is 6.13. The van der Waals surface area contributed by atoms with Gasteiger partial charge in [-0.1, -0.05) is 0 Å². The van der Waals surface area contributed by atoms with Crippen LogP contribution in [-0.4, -0.2) is 45.0 Å². The van der Waals surface area contributed by atoms with Crippen molar-refractivity contribution in [3.63, 3.8) is 0 Å². The third kappa shape index (κ3) is 1.76. The minimum absolute atomic E-state index is 1.43. The molecule has 56 valence electrons. The van der Waals surface area contributed by atoms with Crippen LogP contribution in [0.2, 0.25) is 0 Å². The van der Waals surface area contributed by atoms with E-state index in [0.29, 0.717) is 0 Å². The molecule has 0 N–H and O–H groups in total. The van der Waals surface area contributed by atoms with Crippen LogP contribution in [-0.2, 0) is 0 Å². The van der Waals surface area contributed by atoms with E-state index in [1.165, 1.54) is 13.3 Å². The number of hydrogen-bond acceptors (Lipinski definition) is 2. The van der Waals surface area contributed by atoms with Gasteiger partial charge in [0.25, 0.3) is 0 Å². The van der Waals surface area contributed by atoms with Crippen LogP contribution in [0.25, 0.3) is 9.75 Å². The van der Waals surface area contributed by atoms with Gasteiger partial charge >= 0.3 is 108 Å². The second-order valence-corrected chi connectivity index (χ2v) is 7.12. The van der Waals surface area contributed by atoms with E-state index in [9.17, 15) is 0 Å². The molecule has 0 aromatic carbocycles. The number of hydrogen-bond donors (Lipinski definition) is 0. The van der Waals surface area contributed by atoms with E-state index < -0.39 is 0 Å². The molecule has 0 unspecified atom stereocenters. The van der Waals surface area contributed by atoms with Gasteiger partial charge in [0, 0.05) is 0 Å². The average molecular weight is 402 g/mol. The normalized spacial score (nSPS) is 10.5. The van der Waals surface area contributed by atoms with Crippen LogP contribution < -0.4 is 7.16 Å². The zero-order chi connectivity index (χ0) is 8.55. The predicted molar refractivity (Wildman–Crippen MR) is 58.4 cm³/mol. The monoisotopic (exact) mass is 404 g/mol. The second kappa shape index (κ2) is 4.02. The third-order valence-electron chi connectivity index (χ3n) is 1.54. The van der Waals surface area contributed by atoms with Crippen molar-refractivity contribution in [2.75, 3.05) is 0 Å². The van der Waals surface area contributed by atoms with Gasteiger partial charge in [0.2, 0.25) is 0 Å². The molecule has 0 nitrogen and oxygen atoms in total. The summed E-state index contributed by atoms with van der Waals surface area (Å²) >= 11 is 6.82. The van der Waals surface area contributed by atoms with Gasteiger partial charge in [0.15, 0.2) is 0 Å². The van der Waals surface area contributed by atoms with Crippen molar-refractivity contribution in [1.82, 2.24) is 0 Å². The first-order valence-electron chi connectivity index (χ1n) is 3.37. The fraction of sp³-hybridized carbons (Fsp3) is 0. The molecule has 4 heteroatoms. The van der Waals surface area contributed by atoms with Gasteiger partial charge in [-0.05, 0) is 0 Å². The maximum atomic E-state index is 2.29. The third-order valence-corrected chi connectivity index (χ3v) is 9.32. The average Bonchev–Trinajstić information content (AvgIpc) is 2.64. The Hall–Kier alpha value is 0.997. The molecule has 6 radical (unpaired) electrons. The van der Waals surface area contributed by atoms with E-state index in [1.54, 1.807) is 48.6 Å². The van der Waals surface area contributed by atoms with Crippen LogP contribution in [0.5, 0.6) is 0 Å². The molecule has 0 aliphatic carbocycles. The van der Waals surface area contributed by atoms with Crippen LogP contribution in [0.3, 0.4) is 0 Å². The van der Waals surface area contributed by atoms with E-state index in [-0.39, 0.29) is 0 Å². The van der Waals surface area contributed by atoms with E-state index in [1.807, 2.05) is 22.7 Å². The van der Waals surface area contributed by atoms with Crippen molar-refractivity contribution in [2.45, 2.75) is 0 Å². The summed E-state index contributed by atoms with van der Waals surface area (Å²) in [7, 11) is 0. The Bertz CT molecular complexity index is 376. The first-order chi connectivity index (χ1) is 5.79. The quantitative estimate of drug-likeness (QED) is 0.627. The summed E-state index contributed by atoms with van der Waals surface area (Å²) in [6.45, 7) is 0. The molecular formula is C8H4S2Sn2. The summed E-state index contributed by atoms with van der Waals surface area (Å²) in [5.41, 5.74) is 0. The van der Waals surface area contributed by atoms with Crippen molar-refractivity contribution in [2.24, 2.45) is 0 Å². The van der Waals surface area contributed by atoms with E-state index in [2.05, 4.69) is 22.9 Å². The second-order valence-electron chi connectivity index (χ2n) is 2.33. The van der Waals surface area contributed by atoms with Crippen LogP contribution >= 0.6 is 22.7 Å². The van der Waals surface area contributed by atoms with Gasteiger partial charge in [-0.25, -0.2) is 0 Å². The summed E-state index contributed by atoms with van der Waals surface area (Å²) in [5, 5.41) is 4.44. The van der Waals surface area contributed by atoms with E-state index >= 15 is 0 Å². The molecule has 2 aromatic heterocycles. The molecule has 2 aromatic rings. The van der Waals surface area contributed by atoms with Gasteiger partial charge in [-0.2, -0.15) is 0 Å². The van der Waals surface area contributed by atoms with Crippen molar-refractivity contribution in [1.29, 1.82) is 0 Å². The van der Waals surface area contributed by atoms with Crippen LogP contribution in [0.4, 0.5) is 0 Å². The standard InChI is InChI=1S/C8H4S2.2Sn/c1-3-7(9-5-1)8-4-2-6-10-8;;/h1,3,5-6H;;. The first kappa shape index (κ1) is 9.55. The molecule has 0 aliphatic rings. The topological polar surface area (TPSA) is 0 Å². The minimum atomic E-state index is 1.43. The number of thiophene rings is 2. The SMILES string of the molecule is [Sn][c]1csc(-c2cccs2)[c]1[Sn]. The molecule has 0 aliphatic heterocycles. The van der Waals surface area contributed by atoms with Crippen molar-refractivity contribution >= 4 is 74.9 Å². The molecule has 2 heterocycles. The van der Waals surface area contributed by atoms with E-state index in [4.69, 9.17) is 0 Å². The summed E-state index contributed by atoms with van der Waals surface area (Å²) in [5.74, 6) is 0. The van der Waals surface area contributed by atoms with Crippen molar-refractivity contribution in [3.8, 4) is 9.75 Å². The van der Waals surface area contributed by atoms with E-state index in [0.717, 1.165) is 0 Å². The molecule has 0 spiro atoms. The Labute approximate surface area is 106 Å². The van der Waals surface area contributed by atoms with Gasteiger partial charge in [-0.3, -0.25) is 0 Å². The molecule has 0 saturated heterocycles. The number of rotatable bonds is 1. The molecule has 0 saturated carbocycles. The summed E-state index contributed by atoms with van der Waals surface area (Å²) in [6, 6.07) is 4.33. The molecule has 0 atom stereocenters. The fourth-order valence-corrected chi connectivity index (χ4v) is 5.44. The summed E-state index contributed by atoms with van der Waals surface area (Å²) < 4.78 is 3.10. The van der Waals surface area contributed by atoms with Gasteiger partial charge < -0.3 is 0 Å². The van der Waals surface area contributed by atoms with Crippen LogP contribution in [0, 0.1) is 0 Å². The zero-order valence-corrected chi connectivity index (χ0v) is 13.5. The first-order valence-corrected chi connectivity index (χ1v) is 7.99. The molecule has 0 fully saturated rings. The Balaban J connectivity index is 2.55. The van der Waals surface area contributed by atoms with Crippen LogP contribution in [0.1, 0.15) is 0 Å². The summed E-state index contributed by atoms with van der Waals surface area (Å²) in [4.78, 5) is 2.93. The molecule has 0 bridgehead atoms. The van der Waals surface area contributed by atoms with Gasteiger partial charge in [-0.15, -0.1) is 0 Å². The Morgan fingerprint density at radius 3 is 2.50 bits per heavy atom. The van der Waals surface area contributed by atoms with Crippen LogP contribution in [0.15, 0.2) is 22.9 Å². The summed E-state index contributed by atoms with van der Waals surface area (Å²) in [6.07, 6.45) is 0. The Morgan fingerprint density at radius 1 is 1.17 bits per heavy atom. The predicted octanol–water partition coefficient (Wildman–Crippen LogP) is 1.06. The van der Waals surface area contributed by atoms with Gasteiger partial charge in [0.1, 0.15) is 0 Å². The Kier molecular flexibility index (Phi) is 3.20. The Morgan fingerprint density at radius 2 is 2.00 bits per heavy atom.